The maximum Gasteiger partial charge on any atom is 0.328 e. The molecule has 2 aromatic heterocycles. The van der Waals surface area contributed by atoms with Gasteiger partial charge in [-0.2, -0.15) is 5.10 Å². The zero-order valence-corrected chi connectivity index (χ0v) is 19.9. The highest BCUT2D eigenvalue weighted by atomic mass is 16.5. The Bertz CT molecular complexity index is 1270. The third kappa shape index (κ3) is 3.69. The van der Waals surface area contributed by atoms with Crippen molar-refractivity contribution in [2.24, 2.45) is 0 Å². The van der Waals surface area contributed by atoms with E-state index in [-0.39, 0.29) is 11.4 Å². The highest BCUT2D eigenvalue weighted by Crippen LogP contribution is 2.41. The van der Waals surface area contributed by atoms with E-state index in [9.17, 15) is 9.59 Å². The molecule has 3 aromatic rings. The number of aromatic nitrogens is 3. The summed E-state index contributed by atoms with van der Waals surface area (Å²) in [7, 11) is 1.37. The third-order valence-electron chi connectivity index (χ3n) is 6.68. The van der Waals surface area contributed by atoms with Gasteiger partial charge in [0, 0.05) is 24.6 Å². The molecule has 0 spiro atoms. The topological polar surface area (TPSA) is 77.3 Å². The normalized spacial score (nSPS) is 18.3. The third-order valence-corrected chi connectivity index (χ3v) is 6.68. The van der Waals surface area contributed by atoms with Gasteiger partial charge in [0.15, 0.2) is 5.65 Å². The fraction of sp³-hybridized carbons (Fsp3) is 0.462. The summed E-state index contributed by atoms with van der Waals surface area (Å²) in [6.45, 7) is 8.54. The van der Waals surface area contributed by atoms with Crippen LogP contribution < -0.4 is 0 Å². The van der Waals surface area contributed by atoms with Crippen LogP contribution >= 0.6 is 0 Å². The van der Waals surface area contributed by atoms with E-state index in [1.54, 1.807) is 4.90 Å². The van der Waals surface area contributed by atoms with E-state index < -0.39 is 12.0 Å². The molecule has 7 heteroatoms. The molecule has 0 bridgehead atoms. The van der Waals surface area contributed by atoms with Crippen molar-refractivity contribution in [1.29, 1.82) is 0 Å². The number of benzene rings is 1. The lowest BCUT2D eigenvalue weighted by atomic mass is 9.93. The van der Waals surface area contributed by atoms with Crippen LogP contribution in [0.25, 0.3) is 11.0 Å². The van der Waals surface area contributed by atoms with Gasteiger partial charge in [0.25, 0.3) is 5.91 Å². The van der Waals surface area contributed by atoms with Crippen LogP contribution in [0.2, 0.25) is 0 Å². The Hall–Kier alpha value is -3.22. The molecule has 1 aromatic carbocycles. The number of fused-ring (bicyclic) bond motifs is 2. The van der Waals surface area contributed by atoms with Crippen molar-refractivity contribution in [2.75, 3.05) is 7.11 Å². The number of carbonyl (C=O) groups is 2. The van der Waals surface area contributed by atoms with Gasteiger partial charge in [0.05, 0.1) is 29.3 Å². The summed E-state index contributed by atoms with van der Waals surface area (Å²) in [6.07, 6.45) is 2.60. The van der Waals surface area contributed by atoms with Crippen molar-refractivity contribution in [1.82, 2.24) is 19.7 Å². The summed E-state index contributed by atoms with van der Waals surface area (Å²) in [5.74, 6) is -0.193. The molecule has 1 aliphatic carbocycles. The van der Waals surface area contributed by atoms with Crippen LogP contribution in [0.3, 0.4) is 0 Å². The van der Waals surface area contributed by atoms with Crippen LogP contribution in [0.4, 0.5) is 0 Å². The first-order valence-electron chi connectivity index (χ1n) is 11.6. The fourth-order valence-electron chi connectivity index (χ4n) is 4.77. The smallest absolute Gasteiger partial charge is 0.328 e. The van der Waals surface area contributed by atoms with E-state index in [0.717, 1.165) is 46.4 Å². The van der Waals surface area contributed by atoms with E-state index >= 15 is 0 Å². The first-order valence-corrected chi connectivity index (χ1v) is 11.6. The summed E-state index contributed by atoms with van der Waals surface area (Å²) in [4.78, 5) is 33.5. The monoisotopic (exact) mass is 446 g/mol. The second kappa shape index (κ2) is 7.68. The molecule has 0 saturated heterocycles. The van der Waals surface area contributed by atoms with Gasteiger partial charge in [-0.1, -0.05) is 24.3 Å². The number of pyridine rings is 1. The number of amides is 1. The van der Waals surface area contributed by atoms with Gasteiger partial charge < -0.3 is 9.64 Å². The van der Waals surface area contributed by atoms with Crippen LogP contribution in [0.15, 0.2) is 30.3 Å². The summed E-state index contributed by atoms with van der Waals surface area (Å²) < 4.78 is 7.01. The SMILES string of the molecule is COC(=O)C1Cc2ccccc2CN1C(=O)c1cc(C2CC2)nc2c1c(C)nn2C(C)(C)C. The number of carbonyl (C=O) groups excluding carboxylic acids is 2. The van der Waals surface area contributed by atoms with Crippen LogP contribution in [0.5, 0.6) is 0 Å². The molecule has 1 aliphatic heterocycles. The minimum Gasteiger partial charge on any atom is -0.467 e. The number of methoxy groups -OCH3 is 1. The number of aryl methyl sites for hydroxylation is 1. The van der Waals surface area contributed by atoms with Crippen molar-refractivity contribution in [3.63, 3.8) is 0 Å². The molecule has 1 fully saturated rings. The lowest BCUT2D eigenvalue weighted by Crippen LogP contribution is -2.49. The van der Waals surface area contributed by atoms with Crippen LogP contribution in [0.1, 0.15) is 72.4 Å². The van der Waals surface area contributed by atoms with Crippen molar-refractivity contribution in [3.05, 3.63) is 58.4 Å². The Morgan fingerprint density at radius 1 is 1.12 bits per heavy atom. The molecule has 5 rings (SSSR count). The van der Waals surface area contributed by atoms with Crippen LogP contribution in [-0.4, -0.2) is 44.7 Å². The van der Waals surface area contributed by atoms with Gasteiger partial charge in [-0.3, -0.25) is 4.79 Å². The average Bonchev–Trinajstić information content (AvgIpc) is 3.59. The zero-order chi connectivity index (χ0) is 23.5. The predicted octanol–water partition coefficient (Wildman–Crippen LogP) is 4.11. The average molecular weight is 447 g/mol. The molecule has 1 amide bonds. The summed E-state index contributed by atoms with van der Waals surface area (Å²) in [5.41, 5.74) is 4.87. The minimum atomic E-state index is -0.664. The Balaban J connectivity index is 1.67. The molecule has 0 N–H and O–H groups in total. The molecule has 2 aliphatic rings. The molecule has 0 radical (unpaired) electrons. The molecule has 172 valence electrons. The van der Waals surface area contributed by atoms with Gasteiger partial charge >= 0.3 is 5.97 Å². The maximum atomic E-state index is 14.1. The second-order valence-corrected chi connectivity index (χ2v) is 10.2. The Morgan fingerprint density at radius 3 is 2.45 bits per heavy atom. The first kappa shape index (κ1) is 21.6. The fourth-order valence-corrected chi connectivity index (χ4v) is 4.77. The Morgan fingerprint density at radius 2 is 1.82 bits per heavy atom. The van der Waals surface area contributed by atoms with Crippen LogP contribution in [0, 0.1) is 6.92 Å². The van der Waals surface area contributed by atoms with Gasteiger partial charge in [0.1, 0.15) is 6.04 Å². The molecule has 1 saturated carbocycles. The van der Waals surface area contributed by atoms with Crippen molar-refractivity contribution >= 4 is 22.9 Å². The van der Waals surface area contributed by atoms with Crippen LogP contribution in [-0.2, 0) is 28.0 Å². The van der Waals surface area contributed by atoms with Crippen molar-refractivity contribution in [3.8, 4) is 0 Å². The number of nitrogens with zero attached hydrogens (tertiary/aromatic N) is 4. The quantitative estimate of drug-likeness (QED) is 0.566. The van der Waals surface area contributed by atoms with Crippen molar-refractivity contribution in [2.45, 2.75) is 71.0 Å². The zero-order valence-electron chi connectivity index (χ0n) is 19.9. The highest BCUT2D eigenvalue weighted by molar-refractivity contribution is 6.07. The summed E-state index contributed by atoms with van der Waals surface area (Å²) in [5, 5.41) is 5.53. The molecular weight excluding hydrogens is 416 g/mol. The minimum absolute atomic E-state index is 0.175. The number of hydrogen-bond acceptors (Lipinski definition) is 5. The number of ether oxygens (including phenoxy) is 1. The number of rotatable bonds is 3. The van der Waals surface area contributed by atoms with E-state index in [0.29, 0.717) is 24.4 Å². The molecular formula is C26H30N4O3. The maximum absolute atomic E-state index is 14.1. The predicted molar refractivity (Wildman–Crippen MR) is 125 cm³/mol. The van der Waals surface area contributed by atoms with E-state index in [2.05, 4.69) is 20.8 Å². The number of hydrogen-bond donors (Lipinski definition) is 0. The molecule has 1 atom stereocenters. The first-order chi connectivity index (χ1) is 15.7. The molecule has 33 heavy (non-hydrogen) atoms. The van der Waals surface area contributed by atoms with Gasteiger partial charge in [-0.15, -0.1) is 0 Å². The Labute approximate surface area is 193 Å². The highest BCUT2D eigenvalue weighted by Gasteiger charge is 2.38. The second-order valence-electron chi connectivity index (χ2n) is 10.2. The molecule has 3 heterocycles. The van der Waals surface area contributed by atoms with E-state index in [4.69, 9.17) is 14.8 Å². The van der Waals surface area contributed by atoms with E-state index in [1.165, 1.54) is 7.11 Å². The summed E-state index contributed by atoms with van der Waals surface area (Å²) >= 11 is 0. The molecule has 7 nitrogen and oxygen atoms in total. The lowest BCUT2D eigenvalue weighted by Gasteiger charge is -2.35. The van der Waals surface area contributed by atoms with Gasteiger partial charge in [-0.05, 0) is 57.7 Å². The summed E-state index contributed by atoms with van der Waals surface area (Å²) in [6, 6.07) is 9.22. The molecule has 1 unspecified atom stereocenters. The van der Waals surface area contributed by atoms with Gasteiger partial charge in [-0.25, -0.2) is 14.5 Å². The van der Waals surface area contributed by atoms with Gasteiger partial charge in [0.2, 0.25) is 0 Å². The standard InChI is InChI=1S/C26H30N4O3/c1-15-22-19(13-20(16-10-11-16)27-23(22)30(28-15)26(2,3)4)24(31)29-14-18-9-7-6-8-17(18)12-21(29)25(32)33-5/h6-9,13,16,21H,10-12,14H2,1-5H3. The number of esters is 1. The lowest BCUT2D eigenvalue weighted by molar-refractivity contribution is -0.146. The van der Waals surface area contributed by atoms with Crippen molar-refractivity contribution < 1.29 is 14.3 Å². The van der Waals surface area contributed by atoms with E-state index in [1.807, 2.05) is 41.9 Å². The largest absolute Gasteiger partial charge is 0.467 e. The Kier molecular flexibility index (Phi) is 5.03.